The van der Waals surface area contributed by atoms with Crippen molar-refractivity contribution in [2.24, 2.45) is 0 Å². The summed E-state index contributed by atoms with van der Waals surface area (Å²) in [5.74, 6) is 0. The van der Waals surface area contributed by atoms with E-state index < -0.39 is 12.3 Å². The third kappa shape index (κ3) is 2.50. The standard InChI is InChI=1S/C9H13F3N2O/c1-5(2)14-4-7(6(3)13-14)8(15)9(10,11)12/h4-5,8,15H,1-3H3. The van der Waals surface area contributed by atoms with E-state index in [4.69, 9.17) is 5.11 Å². The van der Waals surface area contributed by atoms with E-state index in [1.54, 1.807) is 13.8 Å². The fourth-order valence-electron chi connectivity index (χ4n) is 1.21. The molecule has 15 heavy (non-hydrogen) atoms. The summed E-state index contributed by atoms with van der Waals surface area (Å²) >= 11 is 0. The molecule has 0 aliphatic rings. The molecule has 6 heteroatoms. The van der Waals surface area contributed by atoms with Crippen molar-refractivity contribution in [1.82, 2.24) is 9.78 Å². The van der Waals surface area contributed by atoms with E-state index >= 15 is 0 Å². The van der Waals surface area contributed by atoms with Gasteiger partial charge < -0.3 is 5.11 Å². The van der Waals surface area contributed by atoms with E-state index in [1.165, 1.54) is 17.8 Å². The Morgan fingerprint density at radius 1 is 1.40 bits per heavy atom. The zero-order valence-electron chi connectivity index (χ0n) is 8.71. The average Bonchev–Trinajstić information content (AvgIpc) is 2.44. The summed E-state index contributed by atoms with van der Waals surface area (Å²) in [5, 5.41) is 13.0. The maximum absolute atomic E-state index is 12.2. The lowest BCUT2D eigenvalue weighted by molar-refractivity contribution is -0.207. The van der Waals surface area contributed by atoms with Crippen LogP contribution in [0.1, 0.15) is 37.3 Å². The second kappa shape index (κ2) is 3.84. The zero-order chi connectivity index (χ0) is 11.8. The summed E-state index contributed by atoms with van der Waals surface area (Å²) in [6.45, 7) is 5.05. The molecule has 1 aromatic heterocycles. The van der Waals surface area contributed by atoms with Crippen molar-refractivity contribution in [3.8, 4) is 0 Å². The summed E-state index contributed by atoms with van der Waals surface area (Å²) < 4.78 is 38.1. The highest BCUT2D eigenvalue weighted by atomic mass is 19.4. The first-order valence-electron chi connectivity index (χ1n) is 4.54. The molecule has 1 rings (SSSR count). The van der Waals surface area contributed by atoms with Gasteiger partial charge in [-0.15, -0.1) is 0 Å². The Balaban J connectivity index is 3.05. The Bertz CT molecular complexity index is 344. The van der Waals surface area contributed by atoms with Crippen molar-refractivity contribution < 1.29 is 18.3 Å². The van der Waals surface area contributed by atoms with Gasteiger partial charge in [-0.3, -0.25) is 4.68 Å². The maximum atomic E-state index is 12.2. The number of hydrogen-bond acceptors (Lipinski definition) is 2. The SMILES string of the molecule is Cc1nn(C(C)C)cc1C(O)C(F)(F)F. The zero-order valence-corrected chi connectivity index (χ0v) is 8.71. The maximum Gasteiger partial charge on any atom is 0.418 e. The van der Waals surface area contributed by atoms with Crippen molar-refractivity contribution in [2.75, 3.05) is 0 Å². The monoisotopic (exact) mass is 222 g/mol. The van der Waals surface area contributed by atoms with E-state index in [-0.39, 0.29) is 17.3 Å². The smallest absolute Gasteiger partial charge is 0.379 e. The van der Waals surface area contributed by atoms with E-state index in [9.17, 15) is 13.2 Å². The topological polar surface area (TPSA) is 38.0 Å². The Kier molecular flexibility index (Phi) is 3.08. The molecular weight excluding hydrogens is 209 g/mol. The van der Waals surface area contributed by atoms with Gasteiger partial charge >= 0.3 is 6.18 Å². The van der Waals surface area contributed by atoms with Crippen molar-refractivity contribution in [3.63, 3.8) is 0 Å². The van der Waals surface area contributed by atoms with E-state index in [2.05, 4.69) is 5.10 Å². The van der Waals surface area contributed by atoms with Gasteiger partial charge in [0.25, 0.3) is 0 Å². The lowest BCUT2D eigenvalue weighted by atomic mass is 10.1. The summed E-state index contributed by atoms with van der Waals surface area (Å²) in [6, 6.07) is -0.0297. The lowest BCUT2D eigenvalue weighted by Crippen LogP contribution is -2.20. The molecule has 0 saturated carbocycles. The Morgan fingerprint density at radius 2 is 1.93 bits per heavy atom. The number of aliphatic hydroxyl groups is 1. The van der Waals surface area contributed by atoms with E-state index in [1.807, 2.05) is 0 Å². The molecule has 1 aromatic rings. The Morgan fingerprint density at radius 3 is 2.27 bits per heavy atom. The third-order valence-corrected chi connectivity index (χ3v) is 2.09. The molecule has 0 saturated heterocycles. The van der Waals surface area contributed by atoms with Crippen LogP contribution in [0, 0.1) is 6.92 Å². The first-order valence-corrected chi connectivity index (χ1v) is 4.54. The van der Waals surface area contributed by atoms with Crippen LogP contribution in [0.5, 0.6) is 0 Å². The van der Waals surface area contributed by atoms with E-state index in [0.717, 1.165) is 0 Å². The van der Waals surface area contributed by atoms with E-state index in [0.29, 0.717) is 0 Å². The van der Waals surface area contributed by atoms with Gasteiger partial charge in [0.1, 0.15) is 0 Å². The quantitative estimate of drug-likeness (QED) is 0.834. The van der Waals surface area contributed by atoms with Crippen LogP contribution in [0.3, 0.4) is 0 Å². The molecule has 3 nitrogen and oxygen atoms in total. The molecule has 0 aliphatic heterocycles. The second-order valence-electron chi connectivity index (χ2n) is 3.69. The summed E-state index contributed by atoms with van der Waals surface area (Å²) in [6.07, 6.45) is -5.86. The van der Waals surface area contributed by atoms with Crippen LogP contribution in [0.15, 0.2) is 6.20 Å². The lowest BCUT2D eigenvalue weighted by Gasteiger charge is -2.13. The predicted octanol–water partition coefficient (Wildman–Crippen LogP) is 2.37. The predicted molar refractivity (Wildman–Crippen MR) is 48.4 cm³/mol. The van der Waals surface area contributed by atoms with Crippen molar-refractivity contribution in [1.29, 1.82) is 0 Å². The highest BCUT2D eigenvalue weighted by Crippen LogP contribution is 2.33. The molecule has 0 fully saturated rings. The second-order valence-corrected chi connectivity index (χ2v) is 3.69. The molecule has 1 heterocycles. The van der Waals surface area contributed by atoms with Crippen molar-refractivity contribution in [2.45, 2.75) is 39.1 Å². The van der Waals surface area contributed by atoms with Gasteiger partial charge in [-0.05, 0) is 20.8 Å². The van der Waals surface area contributed by atoms with Crippen LogP contribution in [0.25, 0.3) is 0 Å². The summed E-state index contributed by atoms with van der Waals surface area (Å²) in [4.78, 5) is 0. The first-order chi connectivity index (χ1) is 6.73. The van der Waals surface area contributed by atoms with Gasteiger partial charge in [-0.25, -0.2) is 0 Å². The molecule has 0 spiro atoms. The molecule has 0 aliphatic carbocycles. The average molecular weight is 222 g/mol. The molecule has 1 N–H and O–H groups in total. The molecule has 0 radical (unpaired) electrons. The Hall–Kier alpha value is -1.04. The molecule has 86 valence electrons. The fourth-order valence-corrected chi connectivity index (χ4v) is 1.21. The molecular formula is C9H13F3N2O. The number of nitrogens with zero attached hydrogens (tertiary/aromatic N) is 2. The molecule has 1 unspecified atom stereocenters. The van der Waals surface area contributed by atoms with Gasteiger partial charge in [0.05, 0.1) is 5.69 Å². The van der Waals surface area contributed by atoms with Crippen molar-refractivity contribution >= 4 is 0 Å². The number of aromatic nitrogens is 2. The highest BCUT2D eigenvalue weighted by molar-refractivity contribution is 5.20. The van der Waals surface area contributed by atoms with Gasteiger partial charge in [0.15, 0.2) is 6.10 Å². The van der Waals surface area contributed by atoms with Crippen LogP contribution < -0.4 is 0 Å². The highest BCUT2D eigenvalue weighted by Gasteiger charge is 2.41. The number of aryl methyl sites for hydroxylation is 1. The molecule has 0 amide bonds. The van der Waals surface area contributed by atoms with Crippen LogP contribution in [-0.2, 0) is 0 Å². The fraction of sp³-hybridized carbons (Fsp3) is 0.667. The number of halogens is 3. The first kappa shape index (κ1) is 12.0. The minimum Gasteiger partial charge on any atom is -0.379 e. The Labute approximate surface area is 85.5 Å². The third-order valence-electron chi connectivity index (χ3n) is 2.09. The van der Waals surface area contributed by atoms with Crippen LogP contribution in [0.2, 0.25) is 0 Å². The minimum absolute atomic E-state index is 0.0297. The van der Waals surface area contributed by atoms with Gasteiger partial charge in [0, 0.05) is 17.8 Å². The number of aliphatic hydroxyl groups excluding tert-OH is 1. The van der Waals surface area contributed by atoms with Gasteiger partial charge in [-0.1, -0.05) is 0 Å². The van der Waals surface area contributed by atoms with Gasteiger partial charge in [-0.2, -0.15) is 18.3 Å². The van der Waals surface area contributed by atoms with Crippen LogP contribution >= 0.6 is 0 Å². The largest absolute Gasteiger partial charge is 0.418 e. The molecule has 0 bridgehead atoms. The normalized spacial score (nSPS) is 14.7. The summed E-state index contributed by atoms with van der Waals surface area (Å²) in [7, 11) is 0. The molecule has 0 aromatic carbocycles. The van der Waals surface area contributed by atoms with Crippen molar-refractivity contribution in [3.05, 3.63) is 17.5 Å². The van der Waals surface area contributed by atoms with Crippen LogP contribution in [-0.4, -0.2) is 21.1 Å². The van der Waals surface area contributed by atoms with Gasteiger partial charge in [0.2, 0.25) is 0 Å². The molecule has 1 atom stereocenters. The summed E-state index contributed by atoms with van der Waals surface area (Å²) in [5.41, 5.74) is 0.0183. The van der Waals surface area contributed by atoms with Crippen LogP contribution in [0.4, 0.5) is 13.2 Å². The number of hydrogen-bond donors (Lipinski definition) is 1. The number of alkyl halides is 3. The number of rotatable bonds is 2. The minimum atomic E-state index is -4.64.